The molecule has 0 saturated heterocycles. The first-order chi connectivity index (χ1) is 6.33. The van der Waals surface area contributed by atoms with E-state index in [-0.39, 0.29) is 0 Å². The van der Waals surface area contributed by atoms with E-state index >= 15 is 0 Å². The zero-order valence-electron chi connectivity index (χ0n) is 7.51. The Morgan fingerprint density at radius 2 is 2.00 bits per heavy atom. The Hall–Kier alpha value is -1.13. The van der Waals surface area contributed by atoms with Gasteiger partial charge in [-0.3, -0.25) is 0 Å². The van der Waals surface area contributed by atoms with Crippen molar-refractivity contribution in [3.63, 3.8) is 0 Å². The number of benzene rings is 1. The molecule has 0 amide bonds. The van der Waals surface area contributed by atoms with Gasteiger partial charge in [0, 0.05) is 0 Å². The predicted molar refractivity (Wildman–Crippen MR) is 54.5 cm³/mol. The number of hydrogen-bond donors (Lipinski definition) is 0. The van der Waals surface area contributed by atoms with Crippen molar-refractivity contribution < 1.29 is 4.74 Å². The largest absolute Gasteiger partial charge is 0.442 e. The van der Waals surface area contributed by atoms with E-state index in [9.17, 15) is 0 Å². The molecule has 2 heteroatoms. The summed E-state index contributed by atoms with van der Waals surface area (Å²) in [6.07, 6.45) is 2.52. The van der Waals surface area contributed by atoms with E-state index in [2.05, 4.69) is 19.0 Å². The number of hydrogen-bond acceptors (Lipinski definition) is 1. The van der Waals surface area contributed by atoms with Gasteiger partial charge in [-0.2, -0.15) is 0 Å². The molecule has 1 aromatic rings. The van der Waals surface area contributed by atoms with Gasteiger partial charge >= 0.3 is 0 Å². The molecule has 0 N–H and O–H groups in total. The molecule has 68 valence electrons. The normalized spacial score (nSPS) is 8.77. The van der Waals surface area contributed by atoms with Crippen LogP contribution in [-0.4, -0.2) is 5.88 Å². The molecule has 0 fully saturated rings. The van der Waals surface area contributed by atoms with Crippen LogP contribution in [0.25, 0.3) is 0 Å². The van der Waals surface area contributed by atoms with Gasteiger partial charge in [0.25, 0.3) is 0 Å². The smallest absolute Gasteiger partial charge is 0.125 e. The highest BCUT2D eigenvalue weighted by molar-refractivity contribution is 6.19. The van der Waals surface area contributed by atoms with Crippen LogP contribution in [0.5, 0.6) is 0 Å². The van der Waals surface area contributed by atoms with Crippen LogP contribution in [0.15, 0.2) is 24.3 Å². The van der Waals surface area contributed by atoms with E-state index in [1.54, 1.807) is 0 Å². The average molecular weight is 195 g/mol. The van der Waals surface area contributed by atoms with Gasteiger partial charge in [0.15, 0.2) is 0 Å². The molecule has 0 spiro atoms. The molecule has 0 aromatic heterocycles. The summed E-state index contributed by atoms with van der Waals surface area (Å²) in [5.41, 5.74) is 2.37. The number of aryl methyl sites for hydroxylation is 1. The fourth-order valence-corrected chi connectivity index (χ4v) is 0.937. The maximum absolute atomic E-state index is 5.35. The zero-order valence-corrected chi connectivity index (χ0v) is 8.27. The van der Waals surface area contributed by atoms with Crippen LogP contribution in [0.2, 0.25) is 0 Å². The van der Waals surface area contributed by atoms with Crippen molar-refractivity contribution in [2.24, 2.45) is 0 Å². The lowest BCUT2D eigenvalue weighted by Gasteiger charge is -1.98. The van der Waals surface area contributed by atoms with Gasteiger partial charge in [-0.25, -0.2) is 0 Å². The van der Waals surface area contributed by atoms with Gasteiger partial charge < -0.3 is 4.74 Å². The van der Waals surface area contributed by atoms with Crippen LogP contribution in [0.4, 0.5) is 0 Å². The maximum Gasteiger partial charge on any atom is 0.125 e. The third kappa shape index (κ3) is 3.87. The van der Waals surface area contributed by atoms with Gasteiger partial charge in [-0.15, -0.1) is 11.6 Å². The first-order valence-corrected chi connectivity index (χ1v) is 4.57. The first kappa shape index (κ1) is 9.95. The molecule has 0 bridgehead atoms. The Kier molecular flexibility index (Phi) is 4.21. The molecule has 0 aliphatic rings. The van der Waals surface area contributed by atoms with Crippen molar-refractivity contribution in [1.29, 1.82) is 0 Å². The molecule has 0 aliphatic heterocycles. The Morgan fingerprint density at radius 1 is 1.31 bits per heavy atom. The fourth-order valence-electron chi connectivity index (χ4n) is 0.882. The molecule has 0 unspecified atom stereocenters. The first-order valence-electron chi connectivity index (χ1n) is 4.04. The summed E-state index contributed by atoms with van der Waals surface area (Å²) in [6, 6.07) is 8.15. The summed E-state index contributed by atoms with van der Waals surface area (Å²) in [6.45, 7) is 2.57. The molecule has 1 rings (SSSR count). The van der Waals surface area contributed by atoms with E-state index in [1.807, 2.05) is 24.3 Å². The third-order valence-corrected chi connectivity index (χ3v) is 1.70. The molecule has 0 heterocycles. The number of alkyl halides is 1. The van der Waals surface area contributed by atoms with Gasteiger partial charge in [0.2, 0.25) is 0 Å². The summed E-state index contributed by atoms with van der Waals surface area (Å²) in [7, 11) is 0. The highest BCUT2D eigenvalue weighted by atomic mass is 35.5. The Morgan fingerprint density at radius 3 is 2.62 bits per heavy atom. The lowest BCUT2D eigenvalue weighted by atomic mass is 10.2. The Labute approximate surface area is 83.7 Å². The molecule has 0 atom stereocenters. The zero-order chi connectivity index (χ0) is 9.52. The molecule has 0 aliphatic carbocycles. The van der Waals surface area contributed by atoms with Crippen molar-refractivity contribution in [2.75, 3.05) is 5.88 Å². The van der Waals surface area contributed by atoms with Crippen molar-refractivity contribution in [3.8, 4) is 12.0 Å². The average Bonchev–Trinajstić information content (AvgIpc) is 2.15. The van der Waals surface area contributed by atoms with E-state index in [0.29, 0.717) is 12.5 Å². The van der Waals surface area contributed by atoms with E-state index in [0.717, 1.165) is 5.56 Å². The van der Waals surface area contributed by atoms with Gasteiger partial charge in [-0.1, -0.05) is 29.8 Å². The third-order valence-electron chi connectivity index (χ3n) is 1.57. The highest BCUT2D eigenvalue weighted by Gasteiger charge is 1.90. The van der Waals surface area contributed by atoms with Crippen LogP contribution in [0, 0.1) is 19.0 Å². The SMILES string of the molecule is Cc1ccc(COC#CCCl)cc1. The lowest BCUT2D eigenvalue weighted by molar-refractivity contribution is 0.265. The quantitative estimate of drug-likeness (QED) is 0.520. The Bertz CT molecular complexity index is 305. The fraction of sp³-hybridized carbons (Fsp3) is 0.273. The summed E-state index contributed by atoms with van der Waals surface area (Å²) >= 11 is 5.35. The van der Waals surface area contributed by atoms with Crippen LogP contribution in [-0.2, 0) is 11.3 Å². The van der Waals surface area contributed by atoms with E-state index < -0.39 is 0 Å². The standard InChI is InChI=1S/C11H11ClO/c1-10-3-5-11(6-4-10)9-13-8-2-7-12/h3-6H,7,9H2,1H3. The lowest BCUT2D eigenvalue weighted by Crippen LogP contribution is -1.86. The monoisotopic (exact) mass is 194 g/mol. The maximum atomic E-state index is 5.35. The van der Waals surface area contributed by atoms with E-state index in [1.165, 1.54) is 5.56 Å². The summed E-state index contributed by atoms with van der Waals surface area (Å²) < 4.78 is 5.05. The molecular weight excluding hydrogens is 184 g/mol. The topological polar surface area (TPSA) is 9.23 Å². The number of ether oxygens (including phenoxy) is 1. The summed E-state index contributed by atoms with van der Waals surface area (Å²) in [5.74, 6) is 2.94. The van der Waals surface area contributed by atoms with Crippen molar-refractivity contribution in [3.05, 3.63) is 35.4 Å². The molecule has 0 saturated carbocycles. The highest BCUT2D eigenvalue weighted by Crippen LogP contribution is 2.03. The second kappa shape index (κ2) is 5.50. The summed E-state index contributed by atoms with van der Waals surface area (Å²) in [4.78, 5) is 0. The van der Waals surface area contributed by atoms with Crippen molar-refractivity contribution in [2.45, 2.75) is 13.5 Å². The minimum absolute atomic E-state index is 0.313. The van der Waals surface area contributed by atoms with E-state index in [4.69, 9.17) is 16.3 Å². The van der Waals surface area contributed by atoms with Crippen LogP contribution in [0.3, 0.4) is 0 Å². The summed E-state index contributed by atoms with van der Waals surface area (Å²) in [5, 5.41) is 0. The molecule has 1 nitrogen and oxygen atoms in total. The molecular formula is C11H11ClO. The van der Waals surface area contributed by atoms with Gasteiger partial charge in [-0.05, 0) is 18.4 Å². The predicted octanol–water partition coefficient (Wildman–Crippen LogP) is 2.71. The second-order valence-corrected chi connectivity index (χ2v) is 2.95. The minimum atomic E-state index is 0.313. The van der Waals surface area contributed by atoms with Gasteiger partial charge in [0.05, 0.1) is 5.88 Å². The Balaban J connectivity index is 2.41. The molecule has 13 heavy (non-hydrogen) atoms. The van der Waals surface area contributed by atoms with Crippen LogP contribution in [0.1, 0.15) is 11.1 Å². The number of rotatable bonds is 2. The molecule has 1 aromatic carbocycles. The number of halogens is 1. The van der Waals surface area contributed by atoms with Crippen LogP contribution < -0.4 is 0 Å². The molecule has 0 radical (unpaired) electrons. The van der Waals surface area contributed by atoms with Crippen molar-refractivity contribution in [1.82, 2.24) is 0 Å². The van der Waals surface area contributed by atoms with Gasteiger partial charge in [0.1, 0.15) is 12.7 Å². The van der Waals surface area contributed by atoms with Crippen LogP contribution >= 0.6 is 11.6 Å². The van der Waals surface area contributed by atoms with Crippen molar-refractivity contribution >= 4 is 11.6 Å². The minimum Gasteiger partial charge on any atom is -0.442 e. The second-order valence-electron chi connectivity index (χ2n) is 2.69.